The molecule has 102 valence electrons. The van der Waals surface area contributed by atoms with Gasteiger partial charge in [-0.25, -0.2) is 9.97 Å². The van der Waals surface area contributed by atoms with E-state index in [0.717, 1.165) is 0 Å². The van der Waals surface area contributed by atoms with E-state index >= 15 is 0 Å². The van der Waals surface area contributed by atoms with E-state index in [1.807, 2.05) is 0 Å². The number of unbranched alkanes of at least 4 members (excludes halogenated alkanes) is 1. The Balaban J connectivity index is 2.00. The standard InChI is InChI=1S/C10H13N4O4P/c15-10-8-9(11-6-12-10)14(7-13-8)4-2-1-3-5-19(16,17)18/h3,5-7H,1-2,4H2,(H,11,12,15)(H2,16,17,18)/p-2/b5-3+. The van der Waals surface area contributed by atoms with Crippen LogP contribution in [0, 0.1) is 0 Å². The van der Waals surface area contributed by atoms with Gasteiger partial charge in [-0.15, -0.1) is 0 Å². The first-order valence-electron chi connectivity index (χ1n) is 5.55. The van der Waals surface area contributed by atoms with Crippen LogP contribution in [0.2, 0.25) is 0 Å². The molecule has 9 heteroatoms. The molecule has 0 spiro atoms. The van der Waals surface area contributed by atoms with Crippen molar-refractivity contribution in [3.05, 3.63) is 34.9 Å². The molecule has 0 aromatic carbocycles. The summed E-state index contributed by atoms with van der Waals surface area (Å²) in [5, 5.41) is 0. The Morgan fingerprint density at radius 1 is 1.42 bits per heavy atom. The molecule has 1 N–H and O–H groups in total. The minimum Gasteiger partial charge on any atom is -0.808 e. The average molecular weight is 282 g/mol. The Bertz CT molecular complexity index is 699. The van der Waals surface area contributed by atoms with Crippen molar-refractivity contribution in [1.82, 2.24) is 19.5 Å². The predicted octanol–water partition coefficient (Wildman–Crippen LogP) is -0.673. The fraction of sp³-hybridized carbons (Fsp3) is 0.300. The molecular formula is C10H11N4O4P-2. The van der Waals surface area contributed by atoms with Crippen molar-refractivity contribution in [2.75, 3.05) is 0 Å². The molecule has 0 aliphatic rings. The largest absolute Gasteiger partial charge is 0.808 e. The molecule has 0 saturated heterocycles. The van der Waals surface area contributed by atoms with E-state index in [0.29, 0.717) is 30.9 Å². The number of hydrogen-bond acceptors (Lipinski definition) is 6. The molecular weight excluding hydrogens is 271 g/mol. The number of aromatic nitrogens is 4. The van der Waals surface area contributed by atoms with Crippen LogP contribution in [0.3, 0.4) is 0 Å². The summed E-state index contributed by atoms with van der Waals surface area (Å²) in [7, 11) is -4.57. The Hall–Kier alpha value is -1.76. The van der Waals surface area contributed by atoms with E-state index in [4.69, 9.17) is 0 Å². The summed E-state index contributed by atoms with van der Waals surface area (Å²) in [6, 6.07) is 0. The van der Waals surface area contributed by atoms with Crippen LogP contribution in [0.1, 0.15) is 12.8 Å². The van der Waals surface area contributed by atoms with Gasteiger partial charge < -0.3 is 23.9 Å². The van der Waals surface area contributed by atoms with Gasteiger partial charge in [-0.1, -0.05) is 11.9 Å². The van der Waals surface area contributed by atoms with Crippen LogP contribution < -0.4 is 15.3 Å². The lowest BCUT2D eigenvalue weighted by Gasteiger charge is -2.24. The number of aromatic amines is 1. The van der Waals surface area contributed by atoms with Crippen molar-refractivity contribution in [1.29, 1.82) is 0 Å². The smallest absolute Gasteiger partial charge is 0.278 e. The van der Waals surface area contributed by atoms with Crippen molar-refractivity contribution in [3.63, 3.8) is 0 Å². The lowest BCUT2D eigenvalue weighted by Crippen LogP contribution is -2.10. The highest BCUT2D eigenvalue weighted by molar-refractivity contribution is 7.52. The summed E-state index contributed by atoms with van der Waals surface area (Å²) in [6.45, 7) is 0.527. The molecule has 0 aliphatic heterocycles. The van der Waals surface area contributed by atoms with Crippen molar-refractivity contribution >= 4 is 18.8 Å². The van der Waals surface area contributed by atoms with Crippen molar-refractivity contribution < 1.29 is 14.4 Å². The highest BCUT2D eigenvalue weighted by atomic mass is 31.2. The van der Waals surface area contributed by atoms with Crippen LogP contribution in [-0.4, -0.2) is 19.5 Å². The van der Waals surface area contributed by atoms with Gasteiger partial charge in [0, 0.05) is 6.54 Å². The number of nitrogens with zero attached hydrogens (tertiary/aromatic N) is 3. The molecule has 0 fully saturated rings. The Kier molecular flexibility index (Phi) is 3.94. The summed E-state index contributed by atoms with van der Waals surface area (Å²) in [5.74, 6) is 0.669. The van der Waals surface area contributed by atoms with Crippen molar-refractivity contribution in [2.24, 2.45) is 0 Å². The highest BCUT2D eigenvalue weighted by Gasteiger charge is 2.05. The molecule has 0 bridgehead atoms. The average Bonchev–Trinajstić information content (AvgIpc) is 2.72. The summed E-state index contributed by atoms with van der Waals surface area (Å²) in [4.78, 5) is 42.5. The third-order valence-electron chi connectivity index (χ3n) is 2.47. The zero-order valence-corrected chi connectivity index (χ0v) is 10.7. The van der Waals surface area contributed by atoms with E-state index in [9.17, 15) is 19.1 Å². The first kappa shape index (κ1) is 13.7. The first-order chi connectivity index (χ1) is 8.97. The van der Waals surface area contributed by atoms with Crippen LogP contribution in [0.25, 0.3) is 11.2 Å². The zero-order valence-electron chi connectivity index (χ0n) is 9.85. The van der Waals surface area contributed by atoms with E-state index in [2.05, 4.69) is 15.0 Å². The Morgan fingerprint density at radius 3 is 2.95 bits per heavy atom. The lowest BCUT2D eigenvalue weighted by molar-refractivity contribution is -0.308. The normalized spacial score (nSPS) is 12.5. The topological polar surface area (TPSA) is 127 Å². The molecule has 2 aromatic rings. The number of rotatable bonds is 5. The maximum absolute atomic E-state index is 11.4. The van der Waals surface area contributed by atoms with Gasteiger partial charge in [0.05, 0.1) is 12.7 Å². The van der Waals surface area contributed by atoms with E-state index < -0.39 is 7.60 Å². The Labute approximate surface area is 108 Å². The molecule has 0 unspecified atom stereocenters. The molecule has 2 aromatic heterocycles. The number of allylic oxidation sites excluding steroid dienone is 1. The van der Waals surface area contributed by atoms with Gasteiger partial charge in [-0.3, -0.25) is 4.79 Å². The van der Waals surface area contributed by atoms with Gasteiger partial charge in [0.25, 0.3) is 5.56 Å². The van der Waals surface area contributed by atoms with Crippen LogP contribution in [0.4, 0.5) is 0 Å². The fourth-order valence-electron chi connectivity index (χ4n) is 1.64. The van der Waals surface area contributed by atoms with Crippen LogP contribution in [-0.2, 0) is 11.1 Å². The third kappa shape index (κ3) is 3.60. The zero-order chi connectivity index (χ0) is 13.9. The van der Waals surface area contributed by atoms with Crippen LogP contribution in [0.5, 0.6) is 0 Å². The summed E-state index contributed by atoms with van der Waals surface area (Å²) in [6.07, 6.45) is 5.17. The second-order valence-electron chi connectivity index (χ2n) is 3.91. The molecule has 2 rings (SSSR count). The lowest BCUT2D eigenvalue weighted by atomic mass is 10.3. The van der Waals surface area contributed by atoms with E-state index in [-0.39, 0.29) is 11.1 Å². The van der Waals surface area contributed by atoms with Gasteiger partial charge in [0.2, 0.25) is 0 Å². The third-order valence-corrected chi connectivity index (χ3v) is 3.04. The molecule has 0 amide bonds. The minimum atomic E-state index is -4.57. The van der Waals surface area contributed by atoms with E-state index in [1.165, 1.54) is 18.7 Å². The highest BCUT2D eigenvalue weighted by Crippen LogP contribution is 2.24. The maximum atomic E-state index is 11.4. The van der Waals surface area contributed by atoms with E-state index in [1.54, 1.807) is 4.57 Å². The maximum Gasteiger partial charge on any atom is 0.278 e. The fourth-order valence-corrected chi connectivity index (χ4v) is 2.05. The number of aryl methyl sites for hydroxylation is 1. The monoisotopic (exact) mass is 282 g/mol. The van der Waals surface area contributed by atoms with Gasteiger partial charge in [-0.2, -0.15) is 0 Å². The SMILES string of the molecule is O=c1[nH]cnc2c1ncn2CCC/C=C/P(=O)([O-])[O-]. The Morgan fingerprint density at radius 2 is 2.21 bits per heavy atom. The second kappa shape index (κ2) is 5.48. The second-order valence-corrected chi connectivity index (χ2v) is 5.29. The summed E-state index contributed by atoms with van der Waals surface area (Å²) in [5.41, 5.74) is 0.440. The number of imidazole rings is 1. The quantitative estimate of drug-likeness (QED) is 0.572. The minimum absolute atomic E-state index is 0.265. The molecule has 0 aliphatic carbocycles. The number of fused-ring (bicyclic) bond motifs is 1. The number of H-pyrrole nitrogens is 1. The predicted molar refractivity (Wildman–Crippen MR) is 64.1 cm³/mol. The summed E-state index contributed by atoms with van der Waals surface area (Å²) < 4.78 is 12.1. The van der Waals surface area contributed by atoms with Gasteiger partial charge in [0.1, 0.15) is 0 Å². The number of nitrogens with one attached hydrogen (secondary N) is 1. The van der Waals surface area contributed by atoms with Crippen molar-refractivity contribution in [2.45, 2.75) is 19.4 Å². The molecule has 0 radical (unpaired) electrons. The molecule has 0 saturated carbocycles. The van der Waals surface area contributed by atoms with Gasteiger partial charge in [0.15, 0.2) is 11.2 Å². The molecule has 0 atom stereocenters. The molecule has 2 heterocycles. The first-order valence-corrected chi connectivity index (χ1v) is 7.16. The molecule has 19 heavy (non-hydrogen) atoms. The van der Waals surface area contributed by atoms with Crippen LogP contribution >= 0.6 is 7.60 Å². The van der Waals surface area contributed by atoms with Gasteiger partial charge >= 0.3 is 0 Å². The molecule has 8 nitrogen and oxygen atoms in total. The van der Waals surface area contributed by atoms with Crippen LogP contribution in [0.15, 0.2) is 29.3 Å². The summed E-state index contributed by atoms with van der Waals surface area (Å²) >= 11 is 0. The van der Waals surface area contributed by atoms with Crippen molar-refractivity contribution in [3.8, 4) is 0 Å². The van der Waals surface area contributed by atoms with Gasteiger partial charge in [-0.05, 0) is 20.4 Å². The number of hydrogen-bond donors (Lipinski definition) is 1.